The first-order chi connectivity index (χ1) is 12.1. The first-order valence-electron chi connectivity index (χ1n) is 8.96. The van der Waals surface area contributed by atoms with Gasteiger partial charge in [0.15, 0.2) is 0 Å². The van der Waals surface area contributed by atoms with Crippen LogP contribution in [0.5, 0.6) is 0 Å². The van der Waals surface area contributed by atoms with Crippen LogP contribution >= 0.6 is 0 Å². The number of hydrogen-bond donors (Lipinski definition) is 2. The van der Waals surface area contributed by atoms with Crippen LogP contribution in [0.25, 0.3) is 0 Å². The number of rotatable bonds is 4. The maximum atomic E-state index is 12.4. The van der Waals surface area contributed by atoms with Crippen molar-refractivity contribution in [3.8, 4) is 6.07 Å². The van der Waals surface area contributed by atoms with Gasteiger partial charge in [-0.05, 0) is 49.9 Å². The summed E-state index contributed by atoms with van der Waals surface area (Å²) in [5.74, 6) is 1.34. The molecule has 3 rings (SSSR count). The second kappa shape index (κ2) is 7.52. The molecule has 1 saturated carbocycles. The fourth-order valence-electron chi connectivity index (χ4n) is 3.67. The zero-order chi connectivity index (χ0) is 17.8. The quantitative estimate of drug-likeness (QED) is 0.868. The molecular formula is C20H24N4O. The second-order valence-electron chi connectivity index (χ2n) is 6.93. The number of nitrogens with zero attached hydrogens (tertiary/aromatic N) is 2. The summed E-state index contributed by atoms with van der Waals surface area (Å²) in [6, 6.07) is 9.18. The minimum absolute atomic E-state index is 0.0937. The predicted octanol–water partition coefficient (Wildman–Crippen LogP) is 4.38. The van der Waals surface area contributed by atoms with Crippen molar-refractivity contribution in [1.29, 1.82) is 5.26 Å². The van der Waals surface area contributed by atoms with Gasteiger partial charge in [-0.15, -0.1) is 0 Å². The Bertz CT molecular complexity index is 826. The summed E-state index contributed by atoms with van der Waals surface area (Å²) in [5, 5.41) is 12.0. The van der Waals surface area contributed by atoms with Gasteiger partial charge in [-0.1, -0.05) is 26.2 Å². The van der Waals surface area contributed by atoms with Crippen LogP contribution in [-0.4, -0.2) is 9.97 Å². The molecular weight excluding hydrogens is 312 g/mol. The van der Waals surface area contributed by atoms with Crippen molar-refractivity contribution in [2.45, 2.75) is 51.9 Å². The summed E-state index contributed by atoms with van der Waals surface area (Å²) in [5.41, 5.74) is 2.91. The van der Waals surface area contributed by atoms with Crippen LogP contribution in [-0.2, 0) is 0 Å². The van der Waals surface area contributed by atoms with E-state index in [1.54, 1.807) is 12.1 Å². The van der Waals surface area contributed by atoms with Crippen LogP contribution in [0.15, 0.2) is 29.1 Å². The van der Waals surface area contributed by atoms with Gasteiger partial charge in [-0.3, -0.25) is 9.78 Å². The number of nitriles is 1. The first-order valence-corrected chi connectivity index (χ1v) is 8.96. The van der Waals surface area contributed by atoms with Gasteiger partial charge in [0.2, 0.25) is 5.95 Å². The third kappa shape index (κ3) is 3.90. The SMILES string of the molecule is Cc1c(C(C)C2CCCCC2)nc(Nc2ccc(C#N)cc2)[nH]c1=O. The standard InChI is InChI=1S/C20H24N4O/c1-13(16-6-4-3-5-7-16)18-14(2)19(25)24-20(23-18)22-17-10-8-15(12-21)9-11-17/h8-11,13,16H,3-7H2,1-2H3,(H2,22,23,24,25). The molecule has 5 heteroatoms. The molecule has 0 radical (unpaired) electrons. The van der Waals surface area contributed by atoms with E-state index >= 15 is 0 Å². The molecule has 1 atom stereocenters. The molecule has 1 heterocycles. The van der Waals surface area contributed by atoms with E-state index in [-0.39, 0.29) is 11.5 Å². The number of H-pyrrole nitrogens is 1. The molecule has 0 saturated heterocycles. The fourth-order valence-corrected chi connectivity index (χ4v) is 3.67. The average molecular weight is 336 g/mol. The van der Waals surface area contributed by atoms with E-state index in [0.29, 0.717) is 23.0 Å². The molecule has 1 aliphatic carbocycles. The van der Waals surface area contributed by atoms with Gasteiger partial charge in [0.1, 0.15) is 0 Å². The third-order valence-electron chi connectivity index (χ3n) is 5.25. The molecule has 1 aromatic carbocycles. The molecule has 5 nitrogen and oxygen atoms in total. The maximum absolute atomic E-state index is 12.4. The highest BCUT2D eigenvalue weighted by atomic mass is 16.1. The molecule has 1 aliphatic rings. The highest BCUT2D eigenvalue weighted by Crippen LogP contribution is 2.35. The normalized spacial score (nSPS) is 16.2. The Morgan fingerprint density at radius 1 is 1.24 bits per heavy atom. The Morgan fingerprint density at radius 2 is 1.92 bits per heavy atom. The second-order valence-corrected chi connectivity index (χ2v) is 6.93. The molecule has 0 bridgehead atoms. The van der Waals surface area contributed by atoms with Crippen LogP contribution < -0.4 is 10.9 Å². The molecule has 1 unspecified atom stereocenters. The zero-order valence-electron chi connectivity index (χ0n) is 14.8. The van der Waals surface area contributed by atoms with Crippen molar-refractivity contribution in [3.63, 3.8) is 0 Å². The van der Waals surface area contributed by atoms with Gasteiger partial charge in [-0.2, -0.15) is 5.26 Å². The Morgan fingerprint density at radius 3 is 2.56 bits per heavy atom. The van der Waals surface area contributed by atoms with E-state index in [9.17, 15) is 4.79 Å². The maximum Gasteiger partial charge on any atom is 0.255 e. The Kier molecular flexibility index (Phi) is 5.18. The van der Waals surface area contributed by atoms with Gasteiger partial charge in [-0.25, -0.2) is 4.98 Å². The summed E-state index contributed by atoms with van der Waals surface area (Å²) in [6.07, 6.45) is 6.29. The molecule has 130 valence electrons. The monoisotopic (exact) mass is 336 g/mol. The highest BCUT2D eigenvalue weighted by molar-refractivity contribution is 5.55. The van der Waals surface area contributed by atoms with Crippen LogP contribution in [0.3, 0.4) is 0 Å². The Labute approximate surface area is 148 Å². The number of hydrogen-bond acceptors (Lipinski definition) is 4. The van der Waals surface area contributed by atoms with E-state index in [1.807, 2.05) is 19.1 Å². The molecule has 0 amide bonds. The summed E-state index contributed by atoms with van der Waals surface area (Å²) >= 11 is 0. The van der Waals surface area contributed by atoms with Crippen LogP contribution in [0.4, 0.5) is 11.6 Å². The van der Waals surface area contributed by atoms with Crippen LogP contribution in [0.2, 0.25) is 0 Å². The van der Waals surface area contributed by atoms with Gasteiger partial charge < -0.3 is 5.32 Å². The zero-order valence-corrected chi connectivity index (χ0v) is 14.8. The fraction of sp³-hybridized carbons (Fsp3) is 0.450. The summed E-state index contributed by atoms with van der Waals surface area (Å²) in [7, 11) is 0. The van der Waals surface area contributed by atoms with Crippen molar-refractivity contribution >= 4 is 11.6 Å². The lowest BCUT2D eigenvalue weighted by Gasteiger charge is -2.28. The number of benzene rings is 1. The van der Waals surface area contributed by atoms with Crippen molar-refractivity contribution in [2.24, 2.45) is 5.92 Å². The van der Waals surface area contributed by atoms with Crippen molar-refractivity contribution in [3.05, 3.63) is 51.4 Å². The van der Waals surface area contributed by atoms with Gasteiger partial charge in [0.25, 0.3) is 5.56 Å². The van der Waals surface area contributed by atoms with E-state index in [1.165, 1.54) is 32.1 Å². The van der Waals surface area contributed by atoms with E-state index in [4.69, 9.17) is 10.2 Å². The Balaban J connectivity index is 1.86. The molecule has 2 N–H and O–H groups in total. The van der Waals surface area contributed by atoms with Crippen molar-refractivity contribution in [1.82, 2.24) is 9.97 Å². The lowest BCUT2D eigenvalue weighted by atomic mass is 9.78. The number of nitrogens with one attached hydrogen (secondary N) is 2. The summed E-state index contributed by atoms with van der Waals surface area (Å²) in [6.45, 7) is 4.04. The third-order valence-corrected chi connectivity index (χ3v) is 5.25. The molecule has 2 aromatic rings. The number of aromatic amines is 1. The van der Waals surface area contributed by atoms with Gasteiger partial charge >= 0.3 is 0 Å². The molecule has 1 aromatic heterocycles. The molecule has 25 heavy (non-hydrogen) atoms. The largest absolute Gasteiger partial charge is 0.326 e. The molecule has 0 aliphatic heterocycles. The number of aromatic nitrogens is 2. The lowest BCUT2D eigenvalue weighted by molar-refractivity contribution is 0.312. The average Bonchev–Trinajstić information content (AvgIpc) is 2.65. The minimum atomic E-state index is -0.0937. The van der Waals surface area contributed by atoms with E-state index in [0.717, 1.165) is 11.4 Å². The van der Waals surface area contributed by atoms with E-state index < -0.39 is 0 Å². The summed E-state index contributed by atoms with van der Waals surface area (Å²) in [4.78, 5) is 19.9. The van der Waals surface area contributed by atoms with Crippen LogP contribution in [0.1, 0.15) is 61.8 Å². The lowest BCUT2D eigenvalue weighted by Crippen LogP contribution is -2.22. The predicted molar refractivity (Wildman–Crippen MR) is 99.0 cm³/mol. The first kappa shape index (κ1) is 17.2. The van der Waals surface area contributed by atoms with Gasteiger partial charge in [0.05, 0.1) is 17.3 Å². The van der Waals surface area contributed by atoms with Crippen LogP contribution in [0, 0.1) is 24.2 Å². The van der Waals surface area contributed by atoms with Crippen molar-refractivity contribution in [2.75, 3.05) is 5.32 Å². The van der Waals surface area contributed by atoms with Crippen molar-refractivity contribution < 1.29 is 0 Å². The molecule has 0 spiro atoms. The minimum Gasteiger partial charge on any atom is -0.326 e. The highest BCUT2D eigenvalue weighted by Gasteiger charge is 2.25. The smallest absolute Gasteiger partial charge is 0.255 e. The van der Waals surface area contributed by atoms with E-state index in [2.05, 4.69) is 23.3 Å². The number of anilines is 2. The Hall–Kier alpha value is -2.61. The molecule has 1 fully saturated rings. The topological polar surface area (TPSA) is 81.6 Å². The summed E-state index contributed by atoms with van der Waals surface area (Å²) < 4.78 is 0. The van der Waals surface area contributed by atoms with Gasteiger partial charge in [0, 0.05) is 17.2 Å².